The number of anilines is 1. The predicted octanol–water partition coefficient (Wildman–Crippen LogP) is 5.27. The molecular weight excluding hydrogens is 393 g/mol. The van der Waals surface area contributed by atoms with Gasteiger partial charge in [0.2, 0.25) is 5.88 Å². The van der Waals surface area contributed by atoms with Crippen LogP contribution in [0.15, 0.2) is 34.4 Å². The first-order chi connectivity index (χ1) is 13.7. The van der Waals surface area contributed by atoms with Gasteiger partial charge in [0.15, 0.2) is 5.67 Å². The van der Waals surface area contributed by atoms with Crippen molar-refractivity contribution < 1.29 is 26.5 Å². The van der Waals surface area contributed by atoms with Crippen LogP contribution < -0.4 is 5.73 Å². The number of hydrogen-bond acceptors (Lipinski definition) is 4. The molecule has 0 bridgehead atoms. The summed E-state index contributed by atoms with van der Waals surface area (Å²) in [6.45, 7) is 0.648. The number of alkyl halides is 4. The molecule has 1 aliphatic heterocycles. The first-order valence-corrected chi connectivity index (χ1v) is 9.43. The van der Waals surface area contributed by atoms with E-state index in [1.807, 2.05) is 4.90 Å². The van der Waals surface area contributed by atoms with Crippen LogP contribution >= 0.6 is 0 Å². The molecule has 1 saturated carbocycles. The van der Waals surface area contributed by atoms with Crippen molar-refractivity contribution in [1.82, 2.24) is 10.1 Å². The zero-order chi connectivity index (χ0) is 20.8. The molecule has 0 spiro atoms. The summed E-state index contributed by atoms with van der Waals surface area (Å²) < 4.78 is 72.9. The number of hydrogen-bond donors (Lipinski definition) is 1. The van der Waals surface area contributed by atoms with Crippen LogP contribution in [0.2, 0.25) is 0 Å². The average Bonchev–Trinajstić information content (AvgIpc) is 3.05. The number of likely N-dealkylation sites (tertiary alicyclic amines) is 1. The standard InChI is InChI=1S/C20H20F5N3O/c21-15-10-13(4-5-14(15)20(23,24)25)18(12-2-1-3-12)28-8-6-19(22,7-9-28)16-11-17(26)29-27-16/h4-5,10-11H,1-3,6-9,26H2. The van der Waals surface area contributed by atoms with Crippen molar-refractivity contribution in [1.29, 1.82) is 0 Å². The van der Waals surface area contributed by atoms with Gasteiger partial charge >= 0.3 is 6.18 Å². The van der Waals surface area contributed by atoms with Crippen LogP contribution in [0, 0.1) is 5.82 Å². The lowest BCUT2D eigenvalue weighted by Crippen LogP contribution is -2.40. The average molecular weight is 413 g/mol. The number of nitrogens with two attached hydrogens (primary N) is 1. The van der Waals surface area contributed by atoms with E-state index in [2.05, 4.69) is 5.16 Å². The number of allylic oxidation sites excluding steroid dienone is 1. The molecule has 4 rings (SSSR count). The molecule has 0 radical (unpaired) electrons. The van der Waals surface area contributed by atoms with Gasteiger partial charge in [-0.05, 0) is 37.0 Å². The summed E-state index contributed by atoms with van der Waals surface area (Å²) in [5.41, 5.74) is 4.83. The Morgan fingerprint density at radius 2 is 1.83 bits per heavy atom. The maximum atomic E-state index is 15.3. The van der Waals surface area contributed by atoms with Crippen molar-refractivity contribution in [3.8, 4) is 0 Å². The lowest BCUT2D eigenvalue weighted by atomic mass is 9.85. The molecule has 1 aliphatic carbocycles. The fourth-order valence-corrected chi connectivity index (χ4v) is 3.93. The van der Waals surface area contributed by atoms with Gasteiger partial charge < -0.3 is 15.2 Å². The smallest absolute Gasteiger partial charge is 0.371 e. The zero-order valence-electron chi connectivity index (χ0n) is 15.5. The third kappa shape index (κ3) is 3.70. The molecule has 2 N–H and O–H groups in total. The molecule has 4 nitrogen and oxygen atoms in total. The van der Waals surface area contributed by atoms with E-state index >= 15 is 4.39 Å². The molecular formula is C20H20F5N3O. The molecule has 2 fully saturated rings. The Hall–Kier alpha value is -2.58. The van der Waals surface area contributed by atoms with Crippen LogP contribution in [-0.4, -0.2) is 23.1 Å². The van der Waals surface area contributed by atoms with Crippen molar-refractivity contribution >= 4 is 11.6 Å². The maximum Gasteiger partial charge on any atom is 0.419 e. The van der Waals surface area contributed by atoms with Gasteiger partial charge in [-0.15, -0.1) is 0 Å². The second kappa shape index (κ2) is 7.03. The molecule has 156 valence electrons. The number of nitrogen functional groups attached to an aromatic ring is 1. The Kier molecular flexibility index (Phi) is 4.78. The van der Waals surface area contributed by atoms with E-state index in [0.717, 1.165) is 37.0 Å². The minimum Gasteiger partial charge on any atom is -0.371 e. The molecule has 1 aromatic heterocycles. The Labute approximate surface area is 164 Å². The first kappa shape index (κ1) is 19.7. The molecule has 2 heterocycles. The molecule has 1 saturated heterocycles. The minimum atomic E-state index is -4.75. The van der Waals surface area contributed by atoms with Gasteiger partial charge in [-0.1, -0.05) is 11.2 Å². The summed E-state index contributed by atoms with van der Waals surface area (Å²) in [6, 6.07) is 4.36. The Morgan fingerprint density at radius 1 is 1.14 bits per heavy atom. The summed E-state index contributed by atoms with van der Waals surface area (Å²) in [5, 5.41) is 3.68. The lowest BCUT2D eigenvalue weighted by Gasteiger charge is -2.40. The van der Waals surface area contributed by atoms with Crippen LogP contribution in [0.1, 0.15) is 48.9 Å². The second-order valence-corrected chi connectivity index (χ2v) is 7.56. The quantitative estimate of drug-likeness (QED) is 0.697. The van der Waals surface area contributed by atoms with E-state index in [9.17, 15) is 17.6 Å². The molecule has 29 heavy (non-hydrogen) atoms. The number of nitrogens with zero attached hydrogens (tertiary/aromatic N) is 2. The molecule has 0 unspecified atom stereocenters. The molecule has 2 aromatic rings. The topological polar surface area (TPSA) is 55.3 Å². The molecule has 0 atom stereocenters. The van der Waals surface area contributed by atoms with E-state index in [1.165, 1.54) is 12.1 Å². The molecule has 2 aliphatic rings. The van der Waals surface area contributed by atoms with Crippen LogP contribution in [0.25, 0.3) is 5.70 Å². The lowest BCUT2D eigenvalue weighted by molar-refractivity contribution is -0.140. The van der Waals surface area contributed by atoms with Gasteiger partial charge in [0.1, 0.15) is 11.5 Å². The van der Waals surface area contributed by atoms with Gasteiger partial charge in [0.25, 0.3) is 0 Å². The Balaban J connectivity index is 1.59. The maximum absolute atomic E-state index is 15.3. The second-order valence-electron chi connectivity index (χ2n) is 7.56. The summed E-state index contributed by atoms with van der Waals surface area (Å²) >= 11 is 0. The predicted molar refractivity (Wildman–Crippen MR) is 96.7 cm³/mol. The number of rotatable bonds is 3. The Morgan fingerprint density at radius 3 is 2.31 bits per heavy atom. The first-order valence-electron chi connectivity index (χ1n) is 9.43. The van der Waals surface area contributed by atoms with Crippen LogP contribution in [0.5, 0.6) is 0 Å². The van der Waals surface area contributed by atoms with Crippen molar-refractivity contribution in [2.24, 2.45) is 0 Å². The number of piperidine rings is 1. The van der Waals surface area contributed by atoms with Crippen LogP contribution in [0.4, 0.5) is 27.8 Å². The summed E-state index contributed by atoms with van der Waals surface area (Å²) in [7, 11) is 0. The van der Waals surface area contributed by atoms with Crippen molar-refractivity contribution in [3.63, 3.8) is 0 Å². The fourth-order valence-electron chi connectivity index (χ4n) is 3.93. The SMILES string of the molecule is Nc1cc(C2(F)CCN(C(=C3CCC3)c3ccc(C(F)(F)F)c(F)c3)CC2)no1. The number of benzene rings is 1. The monoisotopic (exact) mass is 413 g/mol. The minimum absolute atomic E-state index is 0.0389. The summed E-state index contributed by atoms with van der Waals surface area (Å²) in [4.78, 5) is 1.93. The summed E-state index contributed by atoms with van der Waals surface area (Å²) in [5.74, 6) is -1.26. The zero-order valence-corrected chi connectivity index (χ0v) is 15.5. The largest absolute Gasteiger partial charge is 0.419 e. The van der Waals surface area contributed by atoms with Gasteiger partial charge in [-0.3, -0.25) is 0 Å². The highest BCUT2D eigenvalue weighted by molar-refractivity contribution is 5.69. The van der Waals surface area contributed by atoms with Gasteiger partial charge in [-0.2, -0.15) is 13.2 Å². The highest BCUT2D eigenvalue weighted by Gasteiger charge is 2.40. The third-order valence-corrected chi connectivity index (χ3v) is 5.70. The van der Waals surface area contributed by atoms with E-state index in [4.69, 9.17) is 10.3 Å². The van der Waals surface area contributed by atoms with Gasteiger partial charge in [-0.25, -0.2) is 8.78 Å². The van der Waals surface area contributed by atoms with Crippen molar-refractivity contribution in [3.05, 3.63) is 52.5 Å². The third-order valence-electron chi connectivity index (χ3n) is 5.70. The number of halogens is 5. The highest BCUT2D eigenvalue weighted by atomic mass is 19.4. The van der Waals surface area contributed by atoms with Gasteiger partial charge in [0, 0.05) is 43.3 Å². The van der Waals surface area contributed by atoms with Gasteiger partial charge in [0.05, 0.1) is 5.56 Å². The fraction of sp³-hybridized carbons (Fsp3) is 0.450. The summed E-state index contributed by atoms with van der Waals surface area (Å²) in [6.07, 6.45) is -1.92. The Bertz CT molecular complexity index is 936. The number of aromatic nitrogens is 1. The molecule has 9 heteroatoms. The van der Waals surface area contributed by atoms with E-state index in [0.29, 0.717) is 24.4 Å². The van der Waals surface area contributed by atoms with E-state index in [-0.39, 0.29) is 24.4 Å². The van der Waals surface area contributed by atoms with Crippen molar-refractivity contribution in [2.75, 3.05) is 18.8 Å². The normalized spacial score (nSPS) is 19.2. The van der Waals surface area contributed by atoms with E-state index < -0.39 is 23.2 Å². The van der Waals surface area contributed by atoms with Crippen molar-refractivity contribution in [2.45, 2.75) is 43.9 Å². The molecule has 0 amide bonds. The highest BCUT2D eigenvalue weighted by Crippen LogP contribution is 2.43. The van der Waals surface area contributed by atoms with Crippen LogP contribution in [0.3, 0.4) is 0 Å². The molecule has 1 aromatic carbocycles. The van der Waals surface area contributed by atoms with E-state index in [1.54, 1.807) is 0 Å². The van der Waals surface area contributed by atoms with Crippen LogP contribution in [-0.2, 0) is 11.8 Å².